The normalized spacial score (nSPS) is 13.0. The highest BCUT2D eigenvalue weighted by Crippen LogP contribution is 2.22. The molecule has 18 heavy (non-hydrogen) atoms. The van der Waals surface area contributed by atoms with Crippen molar-refractivity contribution in [1.82, 2.24) is 9.29 Å². The molecule has 0 aliphatic carbocycles. The second kappa shape index (κ2) is 5.41. The Balaban J connectivity index is 2.83. The molecule has 0 spiro atoms. The minimum Gasteiger partial charge on any atom is -0.243 e. The summed E-state index contributed by atoms with van der Waals surface area (Å²) in [7, 11) is -2.89. The van der Waals surface area contributed by atoms with Crippen molar-refractivity contribution in [3.8, 4) is 0 Å². The first kappa shape index (κ1) is 15.2. The highest BCUT2D eigenvalue weighted by Gasteiger charge is 2.30. The molecule has 1 aromatic heterocycles. The number of pyridine rings is 1. The Morgan fingerprint density at radius 2 is 2.00 bits per heavy atom. The number of hydrogen-bond donors (Lipinski definition) is 0. The first-order valence-electron chi connectivity index (χ1n) is 4.77. The van der Waals surface area contributed by atoms with E-state index in [4.69, 9.17) is 11.6 Å². The van der Waals surface area contributed by atoms with Crippen LogP contribution in [0.1, 0.15) is 6.42 Å². The fourth-order valence-corrected chi connectivity index (χ4v) is 2.33. The van der Waals surface area contributed by atoms with Crippen molar-refractivity contribution < 1.29 is 21.6 Å². The van der Waals surface area contributed by atoms with Gasteiger partial charge in [-0.15, -0.1) is 0 Å². The van der Waals surface area contributed by atoms with Gasteiger partial charge >= 0.3 is 6.18 Å². The first-order chi connectivity index (χ1) is 8.13. The monoisotopic (exact) mass is 302 g/mol. The molecule has 102 valence electrons. The van der Waals surface area contributed by atoms with E-state index in [0.29, 0.717) is 4.31 Å². The molecule has 4 nitrogen and oxygen atoms in total. The highest BCUT2D eigenvalue weighted by atomic mass is 35.5. The van der Waals surface area contributed by atoms with E-state index in [1.54, 1.807) is 0 Å². The van der Waals surface area contributed by atoms with Gasteiger partial charge in [-0.3, -0.25) is 0 Å². The summed E-state index contributed by atoms with van der Waals surface area (Å²) in [6.07, 6.45) is -4.60. The van der Waals surface area contributed by atoms with Gasteiger partial charge in [0.25, 0.3) is 0 Å². The van der Waals surface area contributed by atoms with Gasteiger partial charge in [-0.1, -0.05) is 11.6 Å². The molecule has 0 unspecified atom stereocenters. The third kappa shape index (κ3) is 4.11. The van der Waals surface area contributed by atoms with Crippen LogP contribution >= 0.6 is 11.6 Å². The van der Waals surface area contributed by atoms with E-state index in [9.17, 15) is 21.6 Å². The van der Waals surface area contributed by atoms with Gasteiger partial charge in [0.15, 0.2) is 0 Å². The molecule has 0 saturated carbocycles. The Hall–Kier alpha value is -0.860. The SMILES string of the molecule is CN(CCC(F)(F)F)S(=O)(=O)c1ccc(Cl)nc1. The van der Waals surface area contributed by atoms with Crippen molar-refractivity contribution in [2.24, 2.45) is 0 Å². The van der Waals surface area contributed by atoms with E-state index in [2.05, 4.69) is 4.98 Å². The second-order valence-corrected chi connectivity index (χ2v) is 5.94. The minimum absolute atomic E-state index is 0.104. The Labute approximate surface area is 107 Å². The second-order valence-electron chi connectivity index (χ2n) is 3.51. The molecule has 1 heterocycles. The van der Waals surface area contributed by atoms with Gasteiger partial charge < -0.3 is 0 Å². The van der Waals surface area contributed by atoms with Crippen molar-refractivity contribution in [2.45, 2.75) is 17.5 Å². The van der Waals surface area contributed by atoms with Gasteiger partial charge in [0.1, 0.15) is 10.0 Å². The van der Waals surface area contributed by atoms with E-state index in [-0.39, 0.29) is 10.0 Å². The fourth-order valence-electron chi connectivity index (χ4n) is 1.10. The van der Waals surface area contributed by atoms with Gasteiger partial charge in [0, 0.05) is 19.8 Å². The summed E-state index contributed by atoms with van der Waals surface area (Å²) < 4.78 is 60.3. The number of alkyl halides is 3. The van der Waals surface area contributed by atoms with Gasteiger partial charge in [-0.05, 0) is 12.1 Å². The zero-order valence-electron chi connectivity index (χ0n) is 9.28. The third-order valence-electron chi connectivity index (χ3n) is 2.12. The predicted octanol–water partition coefficient (Wildman–Crippen LogP) is 2.31. The molecule has 0 bridgehead atoms. The quantitative estimate of drug-likeness (QED) is 0.802. The predicted molar refractivity (Wildman–Crippen MR) is 59.7 cm³/mol. The number of nitrogens with zero attached hydrogens (tertiary/aromatic N) is 2. The van der Waals surface area contributed by atoms with Crippen molar-refractivity contribution in [2.75, 3.05) is 13.6 Å². The smallest absolute Gasteiger partial charge is 0.243 e. The molecule has 0 atom stereocenters. The summed E-state index contributed by atoms with van der Waals surface area (Å²) >= 11 is 5.49. The van der Waals surface area contributed by atoms with Gasteiger partial charge in [-0.2, -0.15) is 13.2 Å². The van der Waals surface area contributed by atoms with Crippen LogP contribution in [0.25, 0.3) is 0 Å². The largest absolute Gasteiger partial charge is 0.390 e. The summed E-state index contributed by atoms with van der Waals surface area (Å²) in [6.45, 7) is -0.644. The van der Waals surface area contributed by atoms with Crippen LogP contribution in [0.2, 0.25) is 5.15 Å². The van der Waals surface area contributed by atoms with Gasteiger partial charge in [0.2, 0.25) is 10.0 Å². The molecule has 9 heteroatoms. The Kier molecular flexibility index (Phi) is 4.57. The lowest BCUT2D eigenvalue weighted by molar-refractivity contribution is -0.135. The third-order valence-corrected chi connectivity index (χ3v) is 4.18. The number of halogens is 4. The number of aromatic nitrogens is 1. The highest BCUT2D eigenvalue weighted by molar-refractivity contribution is 7.89. The van der Waals surface area contributed by atoms with Crippen LogP contribution in [0.4, 0.5) is 13.2 Å². The molecule has 0 saturated heterocycles. The van der Waals surface area contributed by atoms with Crippen LogP contribution < -0.4 is 0 Å². The van der Waals surface area contributed by atoms with Crippen LogP contribution in [-0.4, -0.2) is 37.5 Å². The maximum Gasteiger partial charge on any atom is 0.390 e. The van der Waals surface area contributed by atoms with Gasteiger partial charge in [-0.25, -0.2) is 17.7 Å². The summed E-state index contributed by atoms with van der Waals surface area (Å²) in [6, 6.07) is 2.45. The molecule has 0 amide bonds. The average Bonchev–Trinajstić information content (AvgIpc) is 2.25. The van der Waals surface area contributed by atoms with Crippen LogP contribution in [0.15, 0.2) is 23.2 Å². The molecule has 0 aromatic carbocycles. The summed E-state index contributed by atoms with van der Waals surface area (Å²) in [5.74, 6) is 0. The summed E-state index contributed by atoms with van der Waals surface area (Å²) in [4.78, 5) is 3.38. The Bertz CT molecular complexity index is 502. The van der Waals surface area contributed by atoms with E-state index in [0.717, 1.165) is 13.2 Å². The lowest BCUT2D eigenvalue weighted by Crippen LogP contribution is -2.30. The Morgan fingerprint density at radius 1 is 1.39 bits per heavy atom. The Morgan fingerprint density at radius 3 is 2.44 bits per heavy atom. The number of sulfonamides is 1. The molecular formula is C9H10ClF3N2O2S. The summed E-state index contributed by atoms with van der Waals surface area (Å²) in [5, 5.41) is 0.104. The van der Waals surface area contributed by atoms with Crippen molar-refractivity contribution in [3.05, 3.63) is 23.5 Å². The zero-order chi connectivity index (χ0) is 14.0. The molecule has 0 radical (unpaired) electrons. The lowest BCUT2D eigenvalue weighted by Gasteiger charge is -2.17. The molecule has 0 aliphatic rings. The van der Waals surface area contributed by atoms with Crippen LogP contribution in [0.5, 0.6) is 0 Å². The van der Waals surface area contributed by atoms with Crippen LogP contribution in [-0.2, 0) is 10.0 Å². The zero-order valence-corrected chi connectivity index (χ0v) is 10.8. The molecule has 1 rings (SSSR count). The maximum atomic E-state index is 12.0. The number of rotatable bonds is 4. The van der Waals surface area contributed by atoms with Crippen molar-refractivity contribution >= 4 is 21.6 Å². The van der Waals surface area contributed by atoms with E-state index in [1.165, 1.54) is 12.1 Å². The van der Waals surface area contributed by atoms with Gasteiger partial charge in [0.05, 0.1) is 6.42 Å². The number of hydrogen-bond acceptors (Lipinski definition) is 3. The molecule has 1 aromatic rings. The summed E-state index contributed by atoms with van der Waals surface area (Å²) in [5.41, 5.74) is 0. The standard InChI is InChI=1S/C9H10ClF3N2O2S/c1-15(5-4-9(11,12)13)18(16,17)7-2-3-8(10)14-6-7/h2-3,6H,4-5H2,1H3. The van der Waals surface area contributed by atoms with Crippen LogP contribution in [0.3, 0.4) is 0 Å². The van der Waals surface area contributed by atoms with E-state index < -0.39 is 29.2 Å². The molecule has 0 N–H and O–H groups in total. The van der Waals surface area contributed by atoms with E-state index in [1.807, 2.05) is 0 Å². The van der Waals surface area contributed by atoms with Crippen molar-refractivity contribution in [1.29, 1.82) is 0 Å². The molecule has 0 aliphatic heterocycles. The van der Waals surface area contributed by atoms with E-state index >= 15 is 0 Å². The van der Waals surface area contributed by atoms with Crippen molar-refractivity contribution in [3.63, 3.8) is 0 Å². The topological polar surface area (TPSA) is 50.3 Å². The van der Waals surface area contributed by atoms with Crippen LogP contribution in [0, 0.1) is 0 Å². The average molecular weight is 303 g/mol. The lowest BCUT2D eigenvalue weighted by atomic mass is 10.4. The first-order valence-corrected chi connectivity index (χ1v) is 6.59. The molecular weight excluding hydrogens is 293 g/mol. The minimum atomic E-state index is -4.40. The molecule has 0 fully saturated rings. The fraction of sp³-hybridized carbons (Fsp3) is 0.444. The maximum absolute atomic E-state index is 12.0.